The second-order valence-corrected chi connectivity index (χ2v) is 8.65. The Kier molecular flexibility index (Phi) is 5.17. The van der Waals surface area contributed by atoms with E-state index in [0.29, 0.717) is 0 Å². The fraction of sp³-hybridized carbons (Fsp3) is 0.353. The van der Waals surface area contributed by atoms with E-state index in [-0.39, 0.29) is 4.75 Å². The Morgan fingerprint density at radius 1 is 1.10 bits per heavy atom. The zero-order chi connectivity index (χ0) is 14.6. The van der Waals surface area contributed by atoms with Crippen LogP contribution in [0.25, 0.3) is 0 Å². The van der Waals surface area contributed by atoms with E-state index in [1.165, 1.54) is 16.0 Å². The Morgan fingerprint density at radius 3 is 2.40 bits per heavy atom. The lowest BCUT2D eigenvalue weighted by Gasteiger charge is -2.18. The van der Waals surface area contributed by atoms with Crippen molar-refractivity contribution in [1.82, 2.24) is 4.98 Å². The molecule has 20 heavy (non-hydrogen) atoms. The summed E-state index contributed by atoms with van der Waals surface area (Å²) in [4.78, 5) is 5.87. The van der Waals surface area contributed by atoms with Crippen molar-refractivity contribution >= 4 is 23.5 Å². The summed E-state index contributed by atoms with van der Waals surface area (Å²) in [6, 6.07) is 12.8. The Labute approximate surface area is 130 Å². The predicted octanol–water partition coefficient (Wildman–Crippen LogP) is 5.57. The molecule has 0 N–H and O–H groups in total. The molecule has 0 amide bonds. The van der Waals surface area contributed by atoms with Gasteiger partial charge in [-0.05, 0) is 24.1 Å². The molecule has 0 aliphatic rings. The van der Waals surface area contributed by atoms with E-state index in [1.54, 1.807) is 11.8 Å². The van der Waals surface area contributed by atoms with Gasteiger partial charge in [0.25, 0.3) is 0 Å². The number of aromatic nitrogens is 1. The Morgan fingerprint density at radius 2 is 1.80 bits per heavy atom. The molecule has 1 aromatic carbocycles. The number of rotatable bonds is 4. The third-order valence-corrected chi connectivity index (χ3v) is 4.90. The Balaban J connectivity index is 2.03. The minimum Gasteiger partial charge on any atom is -0.248 e. The topological polar surface area (TPSA) is 12.9 Å². The minimum atomic E-state index is 0.229. The molecule has 3 heteroatoms. The van der Waals surface area contributed by atoms with Gasteiger partial charge in [0.1, 0.15) is 0 Å². The molecule has 1 heterocycles. The first-order chi connectivity index (χ1) is 9.44. The number of hydrogen-bond donors (Lipinski definition) is 0. The van der Waals surface area contributed by atoms with E-state index in [9.17, 15) is 0 Å². The average Bonchev–Trinajstić information content (AvgIpc) is 2.37. The van der Waals surface area contributed by atoms with E-state index in [4.69, 9.17) is 0 Å². The maximum absolute atomic E-state index is 4.62. The summed E-state index contributed by atoms with van der Waals surface area (Å²) in [5.74, 6) is 0.973. The van der Waals surface area contributed by atoms with E-state index in [2.05, 4.69) is 69.1 Å². The molecule has 2 aromatic rings. The molecule has 0 spiro atoms. The van der Waals surface area contributed by atoms with E-state index >= 15 is 0 Å². The molecule has 0 saturated heterocycles. The standard InChI is InChI=1S/C17H21NS2/c1-13-10-15(20-17(2,3)4)11-18-16(13)19-12-14-8-6-5-7-9-14/h5-11H,12H2,1-4H3. The summed E-state index contributed by atoms with van der Waals surface area (Å²) in [6.07, 6.45) is 2.00. The van der Waals surface area contributed by atoms with Crippen LogP contribution in [0, 0.1) is 6.92 Å². The summed E-state index contributed by atoms with van der Waals surface area (Å²) < 4.78 is 0.229. The lowest BCUT2D eigenvalue weighted by molar-refractivity contribution is 0.801. The van der Waals surface area contributed by atoms with Crippen molar-refractivity contribution in [3.8, 4) is 0 Å². The highest BCUT2D eigenvalue weighted by molar-refractivity contribution is 8.00. The molecule has 0 bridgehead atoms. The van der Waals surface area contributed by atoms with E-state index in [1.807, 2.05) is 18.0 Å². The highest BCUT2D eigenvalue weighted by Crippen LogP contribution is 2.33. The largest absolute Gasteiger partial charge is 0.248 e. The van der Waals surface area contributed by atoms with Crippen LogP contribution in [0.3, 0.4) is 0 Å². The molecule has 2 rings (SSSR count). The highest BCUT2D eigenvalue weighted by atomic mass is 32.2. The Hall–Kier alpha value is -0.930. The molecular formula is C17H21NS2. The maximum atomic E-state index is 4.62. The van der Waals surface area contributed by atoms with Crippen molar-refractivity contribution in [3.63, 3.8) is 0 Å². The van der Waals surface area contributed by atoms with Gasteiger partial charge in [0.15, 0.2) is 0 Å². The Bertz CT molecular complexity index is 559. The van der Waals surface area contributed by atoms with Crippen molar-refractivity contribution in [1.29, 1.82) is 0 Å². The number of hydrogen-bond acceptors (Lipinski definition) is 3. The van der Waals surface area contributed by atoms with Gasteiger partial charge in [0, 0.05) is 21.6 Å². The summed E-state index contributed by atoms with van der Waals surface area (Å²) in [7, 11) is 0. The minimum absolute atomic E-state index is 0.229. The highest BCUT2D eigenvalue weighted by Gasteiger charge is 2.13. The molecule has 106 valence electrons. The predicted molar refractivity (Wildman–Crippen MR) is 90.6 cm³/mol. The number of benzene rings is 1. The maximum Gasteiger partial charge on any atom is 0.0993 e. The van der Waals surface area contributed by atoms with Gasteiger partial charge in [0.2, 0.25) is 0 Å². The third-order valence-electron chi connectivity index (χ3n) is 2.65. The van der Waals surface area contributed by atoms with Crippen LogP contribution in [0.15, 0.2) is 52.5 Å². The zero-order valence-electron chi connectivity index (χ0n) is 12.5. The molecule has 1 aromatic heterocycles. The number of pyridine rings is 1. The van der Waals surface area contributed by atoms with Crippen LogP contribution in [0.5, 0.6) is 0 Å². The number of thioether (sulfide) groups is 2. The van der Waals surface area contributed by atoms with Crippen LogP contribution < -0.4 is 0 Å². The van der Waals surface area contributed by atoms with Gasteiger partial charge in [-0.25, -0.2) is 4.98 Å². The second kappa shape index (κ2) is 6.68. The number of aryl methyl sites for hydroxylation is 1. The summed E-state index contributed by atoms with van der Waals surface area (Å²) in [6.45, 7) is 8.83. The van der Waals surface area contributed by atoms with Crippen molar-refractivity contribution in [3.05, 3.63) is 53.7 Å². The average molecular weight is 303 g/mol. The third kappa shape index (κ3) is 4.88. The van der Waals surface area contributed by atoms with Crippen molar-refractivity contribution < 1.29 is 0 Å². The molecule has 0 aliphatic heterocycles. The summed E-state index contributed by atoms with van der Waals surface area (Å²) >= 11 is 3.67. The molecule has 0 aliphatic carbocycles. The molecule has 0 atom stereocenters. The fourth-order valence-corrected chi connectivity index (χ4v) is 3.78. The molecular weight excluding hydrogens is 282 g/mol. The quantitative estimate of drug-likeness (QED) is 0.685. The lowest BCUT2D eigenvalue weighted by Crippen LogP contribution is -2.06. The first-order valence-electron chi connectivity index (χ1n) is 6.76. The van der Waals surface area contributed by atoms with Crippen LogP contribution in [0.4, 0.5) is 0 Å². The summed E-state index contributed by atoms with van der Waals surface area (Å²) in [5.41, 5.74) is 2.60. The first-order valence-corrected chi connectivity index (χ1v) is 8.57. The van der Waals surface area contributed by atoms with Crippen LogP contribution in [-0.4, -0.2) is 9.73 Å². The first kappa shape index (κ1) is 15.5. The van der Waals surface area contributed by atoms with E-state index < -0.39 is 0 Å². The normalized spacial score (nSPS) is 11.6. The van der Waals surface area contributed by atoms with Gasteiger partial charge in [-0.2, -0.15) is 0 Å². The number of nitrogens with zero attached hydrogens (tertiary/aromatic N) is 1. The monoisotopic (exact) mass is 303 g/mol. The SMILES string of the molecule is Cc1cc(SC(C)(C)C)cnc1SCc1ccccc1. The van der Waals surface area contributed by atoms with E-state index in [0.717, 1.165) is 10.8 Å². The second-order valence-electron chi connectivity index (χ2n) is 5.78. The molecule has 0 radical (unpaired) electrons. The molecule has 0 fully saturated rings. The van der Waals surface area contributed by atoms with Gasteiger partial charge in [-0.1, -0.05) is 51.1 Å². The van der Waals surface area contributed by atoms with Crippen LogP contribution in [-0.2, 0) is 5.75 Å². The van der Waals surface area contributed by atoms with Gasteiger partial charge < -0.3 is 0 Å². The van der Waals surface area contributed by atoms with Crippen molar-refractivity contribution in [2.24, 2.45) is 0 Å². The van der Waals surface area contributed by atoms with Crippen LogP contribution in [0.2, 0.25) is 0 Å². The van der Waals surface area contributed by atoms with Crippen molar-refractivity contribution in [2.75, 3.05) is 0 Å². The van der Waals surface area contributed by atoms with Gasteiger partial charge >= 0.3 is 0 Å². The summed E-state index contributed by atoms with van der Waals surface area (Å²) in [5, 5.41) is 1.13. The van der Waals surface area contributed by atoms with Crippen molar-refractivity contribution in [2.45, 2.75) is 48.1 Å². The molecule has 0 unspecified atom stereocenters. The smallest absolute Gasteiger partial charge is 0.0993 e. The van der Waals surface area contributed by atoms with Crippen LogP contribution in [0.1, 0.15) is 31.9 Å². The fourth-order valence-electron chi connectivity index (χ4n) is 1.82. The zero-order valence-corrected chi connectivity index (χ0v) is 14.1. The molecule has 1 nitrogen and oxygen atoms in total. The molecule has 0 saturated carbocycles. The van der Waals surface area contributed by atoms with Gasteiger partial charge in [-0.15, -0.1) is 23.5 Å². The van der Waals surface area contributed by atoms with Gasteiger partial charge in [-0.3, -0.25) is 0 Å². The lowest BCUT2D eigenvalue weighted by atomic mass is 10.2. The van der Waals surface area contributed by atoms with Crippen LogP contribution >= 0.6 is 23.5 Å². The van der Waals surface area contributed by atoms with Gasteiger partial charge in [0.05, 0.1) is 5.03 Å².